The second-order valence-electron chi connectivity index (χ2n) is 6.46. The smallest absolute Gasteiger partial charge is 0.226 e. The zero-order chi connectivity index (χ0) is 20.1. The van der Waals surface area contributed by atoms with Crippen LogP contribution in [0, 0.1) is 0 Å². The van der Waals surface area contributed by atoms with Gasteiger partial charge < -0.3 is 10.2 Å². The van der Waals surface area contributed by atoms with Gasteiger partial charge >= 0.3 is 0 Å². The zero-order valence-corrected chi connectivity index (χ0v) is 15.8. The summed E-state index contributed by atoms with van der Waals surface area (Å²) in [6, 6.07) is 16.2. The first-order chi connectivity index (χ1) is 13.5. The molecular weight excluding hydrogens is 354 g/mol. The highest BCUT2D eigenvalue weighted by Crippen LogP contribution is 2.21. The number of carbonyl (C=O) groups excluding carboxylic acids is 3. The Bertz CT molecular complexity index is 1040. The Labute approximate surface area is 163 Å². The van der Waals surface area contributed by atoms with Crippen molar-refractivity contribution in [1.82, 2.24) is 4.98 Å². The topological polar surface area (TPSA) is 79.4 Å². The van der Waals surface area contributed by atoms with Crippen molar-refractivity contribution in [3.05, 3.63) is 66.4 Å². The Balaban J connectivity index is 1.72. The van der Waals surface area contributed by atoms with E-state index in [9.17, 15) is 14.4 Å². The summed E-state index contributed by atoms with van der Waals surface area (Å²) in [4.78, 5) is 41.9. The van der Waals surface area contributed by atoms with E-state index in [1.807, 2.05) is 24.3 Å². The molecule has 0 saturated carbocycles. The number of ketones is 1. The minimum atomic E-state index is -0.216. The molecular formula is C22H21N3O3. The van der Waals surface area contributed by atoms with Crippen molar-refractivity contribution in [2.45, 2.75) is 20.3 Å². The molecule has 3 rings (SSSR count). The highest BCUT2D eigenvalue weighted by molar-refractivity contribution is 6.01. The van der Waals surface area contributed by atoms with Crippen LogP contribution in [-0.4, -0.2) is 29.1 Å². The Hall–Kier alpha value is -3.54. The predicted octanol–water partition coefficient (Wildman–Crippen LogP) is 3.82. The maximum atomic E-state index is 12.5. The van der Waals surface area contributed by atoms with Crippen LogP contribution in [0.2, 0.25) is 0 Å². The summed E-state index contributed by atoms with van der Waals surface area (Å²) in [5, 5.41) is 3.80. The van der Waals surface area contributed by atoms with E-state index >= 15 is 0 Å². The van der Waals surface area contributed by atoms with E-state index in [0.29, 0.717) is 16.9 Å². The summed E-state index contributed by atoms with van der Waals surface area (Å²) in [7, 11) is 0. The molecule has 28 heavy (non-hydrogen) atoms. The molecule has 0 saturated heterocycles. The number of aromatic nitrogens is 1. The van der Waals surface area contributed by atoms with Crippen LogP contribution in [-0.2, 0) is 9.59 Å². The van der Waals surface area contributed by atoms with Crippen LogP contribution in [0.1, 0.15) is 30.6 Å². The number of anilines is 2. The van der Waals surface area contributed by atoms with Crippen LogP contribution < -0.4 is 10.2 Å². The highest BCUT2D eigenvalue weighted by Gasteiger charge is 2.15. The number of amides is 2. The molecule has 0 aliphatic heterocycles. The number of rotatable bonds is 6. The fraction of sp³-hybridized carbons (Fsp3) is 0.182. The molecule has 1 aromatic heterocycles. The third-order valence-corrected chi connectivity index (χ3v) is 4.41. The Morgan fingerprint density at radius 2 is 1.75 bits per heavy atom. The minimum absolute atomic E-state index is 0.0773. The number of benzene rings is 2. The van der Waals surface area contributed by atoms with Crippen LogP contribution in [0.3, 0.4) is 0 Å². The first-order valence-electron chi connectivity index (χ1n) is 8.98. The Morgan fingerprint density at radius 3 is 2.50 bits per heavy atom. The quantitative estimate of drug-likeness (QED) is 0.664. The summed E-state index contributed by atoms with van der Waals surface area (Å²) in [6.07, 6.45) is 1.80. The lowest BCUT2D eigenvalue weighted by Gasteiger charge is -2.21. The molecule has 6 heteroatoms. The van der Waals surface area contributed by atoms with Crippen molar-refractivity contribution in [2.24, 2.45) is 0 Å². The molecule has 2 aromatic carbocycles. The zero-order valence-electron chi connectivity index (χ0n) is 15.8. The third-order valence-electron chi connectivity index (χ3n) is 4.41. The Morgan fingerprint density at radius 1 is 1.00 bits per heavy atom. The summed E-state index contributed by atoms with van der Waals surface area (Å²) in [6.45, 7) is 3.12. The molecule has 0 aliphatic carbocycles. The molecule has 6 nitrogen and oxygen atoms in total. The van der Waals surface area contributed by atoms with E-state index < -0.39 is 0 Å². The van der Waals surface area contributed by atoms with E-state index in [1.54, 1.807) is 36.5 Å². The summed E-state index contributed by atoms with van der Waals surface area (Å²) in [5.74, 6) is -0.487. The molecule has 142 valence electrons. The first-order valence-corrected chi connectivity index (χ1v) is 8.98. The molecule has 0 spiro atoms. The summed E-state index contributed by atoms with van der Waals surface area (Å²) < 4.78 is 0. The van der Waals surface area contributed by atoms with Crippen molar-refractivity contribution < 1.29 is 14.4 Å². The minimum Gasteiger partial charge on any atom is -0.324 e. The molecule has 1 heterocycles. The summed E-state index contributed by atoms with van der Waals surface area (Å²) in [5.41, 5.74) is 2.47. The molecule has 0 aliphatic rings. The summed E-state index contributed by atoms with van der Waals surface area (Å²) >= 11 is 0. The van der Waals surface area contributed by atoms with E-state index in [4.69, 9.17) is 0 Å². The second-order valence-corrected chi connectivity index (χ2v) is 6.46. The van der Waals surface area contributed by atoms with Gasteiger partial charge in [-0.15, -0.1) is 0 Å². The van der Waals surface area contributed by atoms with Crippen LogP contribution >= 0.6 is 0 Å². The lowest BCUT2D eigenvalue weighted by molar-refractivity contribution is -0.117. The lowest BCUT2D eigenvalue weighted by atomic mass is 10.1. The molecule has 3 aromatic rings. The standard InChI is InChI=1S/C22H21N3O3/c1-15(26)18-7-3-9-19(14-18)25(16(2)27)13-11-21(28)24-20-10-4-6-17-8-5-12-23-22(17)20/h3-10,12,14H,11,13H2,1-2H3,(H,24,28). The molecule has 0 radical (unpaired) electrons. The van der Waals surface area contributed by atoms with Crippen LogP contribution in [0.4, 0.5) is 11.4 Å². The number of fused-ring (bicyclic) bond motifs is 1. The third kappa shape index (κ3) is 4.40. The van der Waals surface area contributed by atoms with Gasteiger partial charge in [0.2, 0.25) is 11.8 Å². The van der Waals surface area contributed by atoms with Crippen LogP contribution in [0.25, 0.3) is 10.9 Å². The predicted molar refractivity (Wildman–Crippen MR) is 109 cm³/mol. The molecule has 0 atom stereocenters. The fourth-order valence-electron chi connectivity index (χ4n) is 2.99. The molecule has 0 bridgehead atoms. The van der Waals surface area contributed by atoms with Gasteiger partial charge in [-0.1, -0.05) is 30.3 Å². The fourth-order valence-corrected chi connectivity index (χ4v) is 2.99. The number of Topliss-reactive ketones (excluding diaryl/α,β-unsaturated/α-hetero) is 1. The lowest BCUT2D eigenvalue weighted by Crippen LogP contribution is -2.32. The van der Waals surface area contributed by atoms with Crippen molar-refractivity contribution in [3.63, 3.8) is 0 Å². The maximum Gasteiger partial charge on any atom is 0.226 e. The number of hydrogen-bond donors (Lipinski definition) is 1. The van der Waals surface area contributed by atoms with Crippen molar-refractivity contribution in [1.29, 1.82) is 0 Å². The van der Waals surface area contributed by atoms with Crippen LogP contribution in [0.5, 0.6) is 0 Å². The SMILES string of the molecule is CC(=O)c1cccc(N(CCC(=O)Nc2cccc3cccnc23)C(C)=O)c1. The van der Waals surface area contributed by atoms with Gasteiger partial charge in [-0.25, -0.2) is 0 Å². The number of nitrogens with zero attached hydrogens (tertiary/aromatic N) is 2. The molecule has 0 fully saturated rings. The van der Waals surface area contributed by atoms with E-state index in [0.717, 1.165) is 10.9 Å². The number of nitrogens with one attached hydrogen (secondary N) is 1. The van der Waals surface area contributed by atoms with Gasteiger partial charge in [0.15, 0.2) is 5.78 Å². The van der Waals surface area contributed by atoms with Crippen molar-refractivity contribution >= 4 is 39.9 Å². The maximum absolute atomic E-state index is 12.5. The van der Waals surface area contributed by atoms with Crippen molar-refractivity contribution in [2.75, 3.05) is 16.8 Å². The average Bonchev–Trinajstić information content (AvgIpc) is 2.68. The van der Waals surface area contributed by atoms with Crippen molar-refractivity contribution in [3.8, 4) is 0 Å². The average molecular weight is 375 g/mol. The number of pyridine rings is 1. The first kappa shape index (κ1) is 19.2. The van der Waals surface area contributed by atoms with Gasteiger partial charge in [0, 0.05) is 42.7 Å². The van der Waals surface area contributed by atoms with Gasteiger partial charge in [-0.05, 0) is 31.2 Å². The van der Waals surface area contributed by atoms with Gasteiger partial charge in [0.25, 0.3) is 0 Å². The molecule has 0 unspecified atom stereocenters. The van der Waals surface area contributed by atoms with E-state index in [-0.39, 0.29) is 30.6 Å². The van der Waals surface area contributed by atoms with Gasteiger partial charge in [0.1, 0.15) is 0 Å². The van der Waals surface area contributed by atoms with Crippen LogP contribution in [0.15, 0.2) is 60.8 Å². The normalized spacial score (nSPS) is 10.5. The van der Waals surface area contributed by atoms with Gasteiger partial charge in [0.05, 0.1) is 11.2 Å². The van der Waals surface area contributed by atoms with E-state index in [1.165, 1.54) is 18.7 Å². The number of hydrogen-bond acceptors (Lipinski definition) is 4. The monoisotopic (exact) mass is 375 g/mol. The second kappa shape index (κ2) is 8.43. The highest BCUT2D eigenvalue weighted by atomic mass is 16.2. The number of para-hydroxylation sites is 1. The van der Waals surface area contributed by atoms with Gasteiger partial charge in [-0.3, -0.25) is 19.4 Å². The van der Waals surface area contributed by atoms with E-state index in [2.05, 4.69) is 10.3 Å². The molecule has 2 amide bonds. The largest absolute Gasteiger partial charge is 0.324 e. The Kier molecular flexibility index (Phi) is 5.79. The number of carbonyl (C=O) groups is 3. The molecule has 1 N–H and O–H groups in total. The van der Waals surface area contributed by atoms with Gasteiger partial charge in [-0.2, -0.15) is 0 Å².